The maximum Gasteiger partial charge on any atom is 0.287 e. The van der Waals surface area contributed by atoms with Crippen molar-refractivity contribution >= 4 is 50.6 Å². The lowest BCUT2D eigenvalue weighted by molar-refractivity contribution is -0.140. The summed E-state index contributed by atoms with van der Waals surface area (Å²) in [5.74, 6) is 3.67. The van der Waals surface area contributed by atoms with Crippen LogP contribution < -0.4 is 10.9 Å². The van der Waals surface area contributed by atoms with Gasteiger partial charge >= 0.3 is 0 Å². The summed E-state index contributed by atoms with van der Waals surface area (Å²) in [5.41, 5.74) is 2.62. The average molecular weight is 507 g/mol. The van der Waals surface area contributed by atoms with Crippen LogP contribution in [0.25, 0.3) is 15.9 Å². The number of carbonyl (C=O) groups excluding carboxylic acids is 1. The molecule has 4 aromatic rings. The molecular weight excluding hydrogens is 480 g/mol. The molecule has 1 amide bonds. The summed E-state index contributed by atoms with van der Waals surface area (Å²) in [6.07, 6.45) is 7.20. The number of amides is 1. The second-order valence-electron chi connectivity index (χ2n) is 10.7. The maximum absolute atomic E-state index is 13.4. The van der Waals surface area contributed by atoms with Crippen LogP contribution in [0.2, 0.25) is 0 Å². The van der Waals surface area contributed by atoms with Crippen molar-refractivity contribution in [3.05, 3.63) is 52.1 Å². The molecule has 0 saturated heterocycles. The van der Waals surface area contributed by atoms with Gasteiger partial charge in [-0.25, -0.2) is 9.97 Å². The molecule has 7 nitrogen and oxygen atoms in total. The molecule has 4 fully saturated rings. The van der Waals surface area contributed by atoms with Gasteiger partial charge in [0, 0.05) is 23.6 Å². The van der Waals surface area contributed by atoms with Crippen LogP contribution in [-0.4, -0.2) is 20.4 Å². The number of hydrogen-bond acceptors (Lipinski definition) is 7. The topological polar surface area (TPSA) is 89.5 Å². The van der Waals surface area contributed by atoms with Crippen LogP contribution in [0, 0.1) is 30.1 Å². The molecule has 0 spiro atoms. The monoisotopic (exact) mass is 506 g/mol. The fourth-order valence-electron chi connectivity index (χ4n) is 6.98. The largest absolute Gasteiger partial charge is 0.375 e. The Morgan fingerprint density at radius 3 is 2.63 bits per heavy atom. The van der Waals surface area contributed by atoms with Crippen molar-refractivity contribution in [1.82, 2.24) is 14.5 Å². The van der Waals surface area contributed by atoms with Crippen LogP contribution >= 0.6 is 23.1 Å². The molecule has 0 aliphatic heterocycles. The van der Waals surface area contributed by atoms with Crippen LogP contribution in [0.3, 0.4) is 0 Å². The van der Waals surface area contributed by atoms with Gasteiger partial charge in [0.15, 0.2) is 9.99 Å². The van der Waals surface area contributed by atoms with E-state index in [4.69, 9.17) is 9.51 Å². The number of carbonyl (C=O) groups is 1. The summed E-state index contributed by atoms with van der Waals surface area (Å²) in [6.45, 7) is 1.80. The lowest BCUT2D eigenvalue weighted by atomic mass is 9.49. The first-order valence-electron chi connectivity index (χ1n) is 12.3. The molecular formula is C26H26N4O3S2. The van der Waals surface area contributed by atoms with Crippen LogP contribution in [0.4, 0.5) is 5.69 Å². The molecule has 9 heteroatoms. The summed E-state index contributed by atoms with van der Waals surface area (Å²) < 4.78 is 8.52. The van der Waals surface area contributed by atoms with Crippen LogP contribution in [0.1, 0.15) is 50.0 Å². The molecule has 4 aliphatic rings. The number of hydrogen-bond donors (Lipinski definition) is 1. The van der Waals surface area contributed by atoms with Crippen molar-refractivity contribution in [2.75, 3.05) is 5.32 Å². The number of fused-ring (bicyclic) bond motifs is 2. The van der Waals surface area contributed by atoms with Gasteiger partial charge in [-0.3, -0.25) is 9.59 Å². The predicted molar refractivity (Wildman–Crippen MR) is 137 cm³/mol. The van der Waals surface area contributed by atoms with E-state index in [1.165, 1.54) is 29.9 Å². The van der Waals surface area contributed by atoms with Gasteiger partial charge in [0.25, 0.3) is 5.56 Å². The zero-order chi connectivity index (χ0) is 23.7. The van der Waals surface area contributed by atoms with E-state index in [9.17, 15) is 9.59 Å². The number of nitrogens with zero attached hydrogens (tertiary/aromatic N) is 3. The third kappa shape index (κ3) is 3.80. The Balaban J connectivity index is 1.07. The van der Waals surface area contributed by atoms with E-state index < -0.39 is 0 Å². The third-order valence-corrected chi connectivity index (χ3v) is 10.2. The molecule has 3 heterocycles. The highest BCUT2D eigenvalue weighted by molar-refractivity contribution is 8.00. The van der Waals surface area contributed by atoms with Gasteiger partial charge < -0.3 is 9.84 Å². The van der Waals surface area contributed by atoms with E-state index in [-0.39, 0.29) is 16.9 Å². The molecule has 0 atom stereocenters. The molecule has 4 saturated carbocycles. The number of aryl methyl sites for hydroxylation is 1. The Morgan fingerprint density at radius 1 is 1.14 bits per heavy atom. The van der Waals surface area contributed by atoms with Gasteiger partial charge in [-0.05, 0) is 81.4 Å². The molecule has 0 unspecified atom stereocenters. The predicted octanol–water partition coefficient (Wildman–Crippen LogP) is 5.65. The van der Waals surface area contributed by atoms with Crippen molar-refractivity contribution < 1.29 is 9.32 Å². The smallest absolute Gasteiger partial charge is 0.287 e. The quantitative estimate of drug-likeness (QED) is 0.352. The van der Waals surface area contributed by atoms with Gasteiger partial charge in [-0.1, -0.05) is 11.8 Å². The van der Waals surface area contributed by atoms with Crippen LogP contribution in [-0.2, 0) is 10.5 Å². The summed E-state index contributed by atoms with van der Waals surface area (Å²) in [5, 5.41) is 3.26. The van der Waals surface area contributed by atoms with E-state index in [1.807, 2.05) is 18.2 Å². The van der Waals surface area contributed by atoms with Gasteiger partial charge in [0.2, 0.25) is 5.91 Å². The molecule has 1 N–H and O–H groups in total. The molecule has 1 aromatic carbocycles. The number of benzene rings is 1. The number of thiazole rings is 1. The molecule has 180 valence electrons. The van der Waals surface area contributed by atoms with Gasteiger partial charge in [-0.15, -0.1) is 15.9 Å². The van der Waals surface area contributed by atoms with Gasteiger partial charge in [-0.2, -0.15) is 0 Å². The fraction of sp³-hybridized carbons (Fsp3) is 0.462. The van der Waals surface area contributed by atoms with Crippen LogP contribution in [0.5, 0.6) is 0 Å². The molecule has 3 aromatic heterocycles. The van der Waals surface area contributed by atoms with Crippen molar-refractivity contribution in [2.45, 2.75) is 55.5 Å². The van der Waals surface area contributed by atoms with Crippen molar-refractivity contribution in [2.24, 2.45) is 23.2 Å². The highest BCUT2D eigenvalue weighted by Gasteiger charge is 2.54. The second-order valence-corrected chi connectivity index (χ2v) is 12.9. The molecule has 8 rings (SSSR count). The Kier molecular flexibility index (Phi) is 4.90. The van der Waals surface area contributed by atoms with Crippen LogP contribution in [0.15, 0.2) is 44.0 Å². The van der Waals surface area contributed by atoms with E-state index in [1.54, 1.807) is 36.1 Å². The van der Waals surface area contributed by atoms with Gasteiger partial charge in [0.1, 0.15) is 5.76 Å². The summed E-state index contributed by atoms with van der Waals surface area (Å²) >= 11 is 3.16. The van der Waals surface area contributed by atoms with Crippen molar-refractivity contribution in [3.8, 4) is 0 Å². The fourth-order valence-corrected chi connectivity index (χ4v) is 8.98. The van der Waals surface area contributed by atoms with E-state index >= 15 is 0 Å². The lowest BCUT2D eigenvalue weighted by Gasteiger charge is -2.55. The number of anilines is 1. The number of aromatic nitrogens is 3. The lowest BCUT2D eigenvalue weighted by Crippen LogP contribution is -2.51. The first-order chi connectivity index (χ1) is 16.9. The minimum atomic E-state index is -0.220. The second kappa shape index (κ2) is 7.93. The zero-order valence-electron chi connectivity index (χ0n) is 19.5. The Labute approximate surface area is 210 Å². The maximum atomic E-state index is 13.4. The molecule has 4 bridgehead atoms. The summed E-state index contributed by atoms with van der Waals surface area (Å²) in [7, 11) is 0. The SMILES string of the molecule is Cc1cc2nc(CSc3nc4ccc(NC(=O)C56CC7CC(CC(C7)C5)C6)cc4s3)cc(=O)n2o1. The number of nitrogens with one attached hydrogen (secondary N) is 1. The molecule has 35 heavy (non-hydrogen) atoms. The Morgan fingerprint density at radius 2 is 1.89 bits per heavy atom. The first kappa shape index (κ1) is 21.6. The normalized spacial score (nSPS) is 27.2. The van der Waals surface area contributed by atoms with E-state index in [0.717, 1.165) is 57.3 Å². The zero-order valence-corrected chi connectivity index (χ0v) is 21.1. The van der Waals surface area contributed by atoms with Gasteiger partial charge in [0.05, 0.1) is 21.3 Å². The minimum Gasteiger partial charge on any atom is -0.375 e. The third-order valence-electron chi connectivity index (χ3n) is 8.01. The molecule has 0 radical (unpaired) electrons. The Bertz CT molecular complexity index is 1500. The summed E-state index contributed by atoms with van der Waals surface area (Å²) in [4.78, 5) is 34.9. The first-order valence-corrected chi connectivity index (χ1v) is 14.1. The van der Waals surface area contributed by atoms with E-state index in [2.05, 4.69) is 10.3 Å². The summed E-state index contributed by atoms with van der Waals surface area (Å²) in [6, 6.07) is 9.25. The van der Waals surface area contributed by atoms with Crippen molar-refractivity contribution in [3.63, 3.8) is 0 Å². The van der Waals surface area contributed by atoms with E-state index in [0.29, 0.717) is 22.9 Å². The highest BCUT2D eigenvalue weighted by atomic mass is 32.2. The number of rotatable bonds is 5. The number of thioether (sulfide) groups is 1. The highest BCUT2D eigenvalue weighted by Crippen LogP contribution is 2.60. The molecule has 4 aliphatic carbocycles. The average Bonchev–Trinajstić information content (AvgIpc) is 3.39. The minimum absolute atomic E-state index is 0.154. The van der Waals surface area contributed by atoms with Crippen molar-refractivity contribution in [1.29, 1.82) is 0 Å². The Hall–Kier alpha value is -2.65. The standard InChI is InChI=1S/C26H26N4O3S2/c1-14-4-22-27-19(9-23(31)30(22)33-14)13-34-25-29-20-3-2-18(8-21(20)35-25)28-24(32)26-10-15-5-16(11-26)7-17(6-15)12-26/h2-4,8-9,15-17H,5-7,10-13H2,1H3,(H,28,32).